The maximum Gasteiger partial charge on any atom is 0.274 e. The van der Waals surface area contributed by atoms with Gasteiger partial charge in [0.2, 0.25) is 0 Å². The first-order valence-electron chi connectivity index (χ1n) is 5.33. The molecule has 1 saturated heterocycles. The second-order valence-corrected chi connectivity index (χ2v) is 4.31. The van der Waals surface area contributed by atoms with Crippen LogP contribution in [0.5, 0.6) is 0 Å². The number of nitro groups is 1. The minimum Gasteiger partial charge on any atom is -0.366 e. The van der Waals surface area contributed by atoms with Gasteiger partial charge in [-0.3, -0.25) is 10.1 Å². The summed E-state index contributed by atoms with van der Waals surface area (Å²) in [5.41, 5.74) is 0.0847. The summed E-state index contributed by atoms with van der Waals surface area (Å²) < 4.78 is 0. The molecule has 3 rings (SSSR count). The van der Waals surface area contributed by atoms with Crippen molar-refractivity contribution in [2.45, 2.75) is 6.04 Å². The normalized spacial score (nSPS) is 30.9. The predicted molar refractivity (Wildman–Crippen MR) is 58.2 cm³/mol. The first kappa shape index (κ1) is 9.53. The minimum absolute atomic E-state index is 0.0847. The van der Waals surface area contributed by atoms with Crippen molar-refractivity contribution in [3.05, 3.63) is 28.4 Å². The molecule has 2 aliphatic rings. The zero-order valence-electron chi connectivity index (χ0n) is 8.59. The van der Waals surface area contributed by atoms with Crippen LogP contribution in [0.15, 0.2) is 18.3 Å². The fraction of sp³-hybridized carbons (Fsp3) is 0.500. The van der Waals surface area contributed by atoms with Crippen LogP contribution >= 0.6 is 0 Å². The lowest BCUT2D eigenvalue weighted by atomic mass is 10.3. The van der Waals surface area contributed by atoms with Crippen LogP contribution in [-0.4, -0.2) is 29.0 Å². The van der Waals surface area contributed by atoms with E-state index in [0.717, 1.165) is 13.1 Å². The molecule has 1 aliphatic heterocycles. The summed E-state index contributed by atoms with van der Waals surface area (Å²) in [7, 11) is 0. The van der Waals surface area contributed by atoms with Crippen LogP contribution in [0, 0.1) is 22.0 Å². The molecule has 0 spiro atoms. The van der Waals surface area contributed by atoms with Gasteiger partial charge in [0.25, 0.3) is 5.69 Å². The highest BCUT2D eigenvalue weighted by Crippen LogP contribution is 2.43. The summed E-state index contributed by atoms with van der Waals surface area (Å²) in [5, 5.41) is 17.1. The van der Waals surface area contributed by atoms with Crippen molar-refractivity contribution in [1.82, 2.24) is 10.3 Å². The SMILES string of the molecule is O=[N+]([O-])c1ccnc(NC2C3CNCC32)c1. The summed E-state index contributed by atoms with van der Waals surface area (Å²) in [4.78, 5) is 14.3. The zero-order chi connectivity index (χ0) is 11.1. The highest BCUT2D eigenvalue weighted by atomic mass is 16.6. The van der Waals surface area contributed by atoms with Crippen LogP contribution in [0.4, 0.5) is 11.5 Å². The largest absolute Gasteiger partial charge is 0.366 e. The third-order valence-corrected chi connectivity index (χ3v) is 3.36. The Morgan fingerprint density at radius 1 is 1.50 bits per heavy atom. The molecule has 1 aromatic heterocycles. The van der Waals surface area contributed by atoms with Crippen LogP contribution < -0.4 is 10.6 Å². The third-order valence-electron chi connectivity index (χ3n) is 3.36. The van der Waals surface area contributed by atoms with E-state index in [-0.39, 0.29) is 5.69 Å². The molecule has 0 bridgehead atoms. The number of hydrogen-bond acceptors (Lipinski definition) is 5. The van der Waals surface area contributed by atoms with Crippen LogP contribution in [-0.2, 0) is 0 Å². The summed E-state index contributed by atoms with van der Waals surface area (Å²) in [6.45, 7) is 2.08. The van der Waals surface area contributed by atoms with Crippen molar-refractivity contribution in [2.24, 2.45) is 11.8 Å². The molecular weight excluding hydrogens is 208 g/mol. The Labute approximate surface area is 92.2 Å². The lowest BCUT2D eigenvalue weighted by Crippen LogP contribution is -2.21. The van der Waals surface area contributed by atoms with Gasteiger partial charge in [-0.1, -0.05) is 0 Å². The number of rotatable bonds is 3. The van der Waals surface area contributed by atoms with Crippen molar-refractivity contribution >= 4 is 11.5 Å². The van der Waals surface area contributed by atoms with Gasteiger partial charge in [-0.2, -0.15) is 0 Å². The maximum absolute atomic E-state index is 10.6. The Kier molecular flexibility index (Phi) is 2.03. The van der Waals surface area contributed by atoms with E-state index in [9.17, 15) is 10.1 Å². The van der Waals surface area contributed by atoms with E-state index in [1.807, 2.05) is 0 Å². The van der Waals surface area contributed by atoms with E-state index in [4.69, 9.17) is 0 Å². The van der Waals surface area contributed by atoms with Gasteiger partial charge >= 0.3 is 0 Å². The average Bonchev–Trinajstić information content (AvgIpc) is 2.75. The van der Waals surface area contributed by atoms with Crippen LogP contribution in [0.1, 0.15) is 0 Å². The fourth-order valence-corrected chi connectivity index (χ4v) is 2.42. The highest BCUT2D eigenvalue weighted by molar-refractivity contribution is 5.46. The smallest absolute Gasteiger partial charge is 0.274 e. The number of piperidine rings is 1. The Hall–Kier alpha value is -1.69. The van der Waals surface area contributed by atoms with Crippen molar-refractivity contribution in [2.75, 3.05) is 18.4 Å². The van der Waals surface area contributed by atoms with Gasteiger partial charge in [-0.15, -0.1) is 0 Å². The molecule has 0 amide bonds. The van der Waals surface area contributed by atoms with Gasteiger partial charge in [0.15, 0.2) is 0 Å². The van der Waals surface area contributed by atoms with E-state index in [1.54, 1.807) is 0 Å². The number of aromatic nitrogens is 1. The molecule has 2 N–H and O–H groups in total. The molecule has 6 heteroatoms. The lowest BCUT2D eigenvalue weighted by Gasteiger charge is -2.07. The fourth-order valence-electron chi connectivity index (χ4n) is 2.42. The molecule has 2 atom stereocenters. The van der Waals surface area contributed by atoms with Gasteiger partial charge in [-0.05, 0) is 11.8 Å². The van der Waals surface area contributed by atoms with Gasteiger partial charge in [-0.25, -0.2) is 4.98 Å². The van der Waals surface area contributed by atoms with Gasteiger partial charge in [0.1, 0.15) is 5.82 Å². The molecule has 16 heavy (non-hydrogen) atoms. The molecule has 1 saturated carbocycles. The van der Waals surface area contributed by atoms with E-state index in [1.165, 1.54) is 18.3 Å². The average molecular weight is 220 g/mol. The molecule has 2 heterocycles. The molecule has 2 fully saturated rings. The quantitative estimate of drug-likeness (QED) is 0.576. The molecule has 1 aliphatic carbocycles. The Balaban J connectivity index is 1.71. The second kappa shape index (κ2) is 3.41. The number of fused-ring (bicyclic) bond motifs is 1. The Morgan fingerprint density at radius 3 is 2.94 bits per heavy atom. The zero-order valence-corrected chi connectivity index (χ0v) is 8.59. The van der Waals surface area contributed by atoms with Crippen molar-refractivity contribution in [3.8, 4) is 0 Å². The first-order valence-corrected chi connectivity index (χ1v) is 5.33. The summed E-state index contributed by atoms with van der Waals surface area (Å²) in [6, 6.07) is 3.33. The highest BCUT2D eigenvalue weighted by Gasteiger charge is 2.53. The molecular formula is C10H12N4O2. The summed E-state index contributed by atoms with van der Waals surface area (Å²) in [5.74, 6) is 1.94. The minimum atomic E-state index is -0.401. The summed E-state index contributed by atoms with van der Waals surface area (Å²) in [6.07, 6.45) is 1.47. The molecule has 84 valence electrons. The van der Waals surface area contributed by atoms with E-state index >= 15 is 0 Å². The molecule has 2 unspecified atom stereocenters. The monoisotopic (exact) mass is 220 g/mol. The molecule has 1 aromatic rings. The van der Waals surface area contributed by atoms with Crippen molar-refractivity contribution in [1.29, 1.82) is 0 Å². The topological polar surface area (TPSA) is 80.1 Å². The first-order chi connectivity index (χ1) is 7.75. The maximum atomic E-state index is 10.6. The van der Waals surface area contributed by atoms with E-state index < -0.39 is 4.92 Å². The molecule has 0 aromatic carbocycles. The Morgan fingerprint density at radius 2 is 2.25 bits per heavy atom. The number of nitrogens with zero attached hydrogens (tertiary/aromatic N) is 2. The second-order valence-electron chi connectivity index (χ2n) is 4.31. The number of nitrogens with one attached hydrogen (secondary N) is 2. The lowest BCUT2D eigenvalue weighted by molar-refractivity contribution is -0.384. The van der Waals surface area contributed by atoms with Gasteiger partial charge < -0.3 is 10.6 Å². The van der Waals surface area contributed by atoms with E-state index in [2.05, 4.69) is 15.6 Å². The number of anilines is 1. The van der Waals surface area contributed by atoms with Crippen molar-refractivity contribution in [3.63, 3.8) is 0 Å². The Bertz CT molecular complexity index is 427. The van der Waals surface area contributed by atoms with E-state index in [0.29, 0.717) is 23.7 Å². The van der Waals surface area contributed by atoms with Crippen LogP contribution in [0.2, 0.25) is 0 Å². The van der Waals surface area contributed by atoms with Gasteiger partial charge in [0.05, 0.1) is 11.0 Å². The van der Waals surface area contributed by atoms with Crippen LogP contribution in [0.3, 0.4) is 0 Å². The van der Waals surface area contributed by atoms with Crippen molar-refractivity contribution < 1.29 is 4.92 Å². The standard InChI is InChI=1S/C10H12N4O2/c15-14(16)6-1-2-12-9(3-6)13-10-7-4-11-5-8(7)10/h1-3,7-8,10-11H,4-5H2,(H,12,13). The summed E-state index contributed by atoms with van der Waals surface area (Å²) >= 11 is 0. The molecule has 0 radical (unpaired) electrons. The van der Waals surface area contributed by atoms with Gasteiger partial charge in [0, 0.05) is 31.4 Å². The molecule has 6 nitrogen and oxygen atoms in total. The number of pyridine rings is 1. The third kappa shape index (κ3) is 1.51. The predicted octanol–water partition coefficient (Wildman–Crippen LogP) is 0.619. The van der Waals surface area contributed by atoms with Crippen LogP contribution in [0.25, 0.3) is 0 Å². The number of hydrogen-bond donors (Lipinski definition) is 2.